The number of rotatable bonds is 7. The number of ether oxygens (including phenoxy) is 1. The number of amides is 1. The number of piperidine rings is 1. The first kappa shape index (κ1) is 24.9. The van der Waals surface area contributed by atoms with Gasteiger partial charge in [-0.25, -0.2) is 9.37 Å². The summed E-state index contributed by atoms with van der Waals surface area (Å²) in [5.41, 5.74) is 1.11. The van der Waals surface area contributed by atoms with Crippen LogP contribution in [-0.2, 0) is 15.1 Å². The SMILES string of the molecule is C=Cc1ccccc1SC1C(=O)CC(c2ccsc2)(c2cccc(Oc3ccc(F)cc3)n2)N(C)C1=O. The van der Waals surface area contributed by atoms with Crippen molar-refractivity contribution in [2.45, 2.75) is 22.1 Å². The van der Waals surface area contributed by atoms with E-state index in [2.05, 4.69) is 6.58 Å². The zero-order valence-corrected chi connectivity index (χ0v) is 21.6. The summed E-state index contributed by atoms with van der Waals surface area (Å²) >= 11 is 2.74. The molecule has 5 nitrogen and oxygen atoms in total. The highest BCUT2D eigenvalue weighted by Crippen LogP contribution is 2.45. The van der Waals surface area contributed by atoms with Gasteiger partial charge < -0.3 is 9.64 Å². The number of likely N-dealkylation sites (tertiary alicyclic amines) is 1. The topological polar surface area (TPSA) is 59.5 Å². The Labute approximate surface area is 222 Å². The van der Waals surface area contributed by atoms with Crippen molar-refractivity contribution in [3.05, 3.63) is 113 Å². The summed E-state index contributed by atoms with van der Waals surface area (Å²) in [6.07, 6.45) is 1.78. The summed E-state index contributed by atoms with van der Waals surface area (Å²) in [5, 5.41) is 2.98. The van der Waals surface area contributed by atoms with E-state index in [1.54, 1.807) is 36.2 Å². The number of hydrogen-bond acceptors (Lipinski definition) is 6. The third kappa shape index (κ3) is 4.70. The Morgan fingerprint density at radius 2 is 1.89 bits per heavy atom. The van der Waals surface area contributed by atoms with Gasteiger partial charge >= 0.3 is 0 Å². The quantitative estimate of drug-likeness (QED) is 0.254. The number of pyridine rings is 1. The van der Waals surface area contributed by atoms with Crippen LogP contribution < -0.4 is 4.74 Å². The summed E-state index contributed by atoms with van der Waals surface area (Å²) in [4.78, 5) is 34.6. The van der Waals surface area contributed by atoms with Crippen molar-refractivity contribution >= 4 is 40.9 Å². The molecule has 1 amide bonds. The summed E-state index contributed by atoms with van der Waals surface area (Å²) in [5.74, 6) is -0.127. The van der Waals surface area contributed by atoms with E-state index in [0.717, 1.165) is 16.0 Å². The maximum absolute atomic E-state index is 13.8. The molecule has 0 aliphatic carbocycles. The molecular weight excluding hydrogens is 507 g/mol. The van der Waals surface area contributed by atoms with E-state index in [9.17, 15) is 14.0 Å². The molecule has 37 heavy (non-hydrogen) atoms. The lowest BCUT2D eigenvalue weighted by molar-refractivity contribution is -0.144. The first-order valence-electron chi connectivity index (χ1n) is 11.5. The highest BCUT2D eigenvalue weighted by atomic mass is 32.2. The molecule has 2 aromatic carbocycles. The summed E-state index contributed by atoms with van der Waals surface area (Å²) in [6.45, 7) is 3.85. The molecule has 1 aliphatic rings. The number of Topliss-reactive ketones (excluding diaryl/α,β-unsaturated/α-hetero) is 1. The van der Waals surface area contributed by atoms with Crippen molar-refractivity contribution < 1.29 is 18.7 Å². The zero-order chi connectivity index (χ0) is 26.0. The first-order chi connectivity index (χ1) is 17.9. The Morgan fingerprint density at radius 1 is 1.11 bits per heavy atom. The van der Waals surface area contributed by atoms with Crippen LogP contribution in [0.5, 0.6) is 11.6 Å². The zero-order valence-electron chi connectivity index (χ0n) is 20.0. The van der Waals surface area contributed by atoms with Gasteiger partial charge in [0.25, 0.3) is 0 Å². The summed E-state index contributed by atoms with van der Waals surface area (Å²) in [7, 11) is 1.72. The van der Waals surface area contributed by atoms with E-state index >= 15 is 0 Å². The number of benzene rings is 2. The molecule has 0 radical (unpaired) electrons. The van der Waals surface area contributed by atoms with Gasteiger partial charge in [0.2, 0.25) is 11.8 Å². The largest absolute Gasteiger partial charge is 0.439 e. The predicted molar refractivity (Wildman–Crippen MR) is 144 cm³/mol. The molecule has 1 aliphatic heterocycles. The van der Waals surface area contributed by atoms with Crippen LogP contribution in [0, 0.1) is 5.82 Å². The van der Waals surface area contributed by atoms with E-state index in [1.807, 2.05) is 41.1 Å². The van der Waals surface area contributed by atoms with Crippen molar-refractivity contribution in [2.24, 2.45) is 0 Å². The fourth-order valence-electron chi connectivity index (χ4n) is 4.50. The van der Waals surface area contributed by atoms with Gasteiger partial charge in [-0.05, 0) is 64.4 Å². The van der Waals surface area contributed by atoms with Gasteiger partial charge in [-0.3, -0.25) is 9.59 Å². The number of ketones is 1. The molecule has 186 valence electrons. The predicted octanol–water partition coefficient (Wildman–Crippen LogP) is 6.55. The van der Waals surface area contributed by atoms with Crippen LogP contribution in [0.25, 0.3) is 6.08 Å². The summed E-state index contributed by atoms with van der Waals surface area (Å²) in [6, 6.07) is 20.4. The third-order valence-corrected chi connectivity index (χ3v) is 8.42. The Kier molecular flexibility index (Phi) is 6.95. The van der Waals surface area contributed by atoms with E-state index in [1.165, 1.54) is 47.4 Å². The van der Waals surface area contributed by atoms with Crippen LogP contribution in [0.4, 0.5) is 4.39 Å². The van der Waals surface area contributed by atoms with E-state index in [-0.39, 0.29) is 29.8 Å². The first-order valence-corrected chi connectivity index (χ1v) is 13.4. The molecule has 1 fully saturated rings. The molecule has 1 saturated heterocycles. The van der Waals surface area contributed by atoms with Gasteiger partial charge in [0, 0.05) is 24.4 Å². The number of carbonyl (C=O) groups excluding carboxylic acids is 2. The number of halogens is 1. The fraction of sp³-hybridized carbons (Fsp3) is 0.138. The maximum atomic E-state index is 13.8. The molecule has 2 unspecified atom stereocenters. The molecule has 4 aromatic rings. The van der Waals surface area contributed by atoms with Crippen LogP contribution >= 0.6 is 23.1 Å². The monoisotopic (exact) mass is 530 g/mol. The number of thioether (sulfide) groups is 1. The normalized spacial score (nSPS) is 19.6. The molecule has 2 aromatic heterocycles. The van der Waals surface area contributed by atoms with Gasteiger partial charge in [0.1, 0.15) is 22.4 Å². The lowest BCUT2D eigenvalue weighted by Gasteiger charge is -2.46. The van der Waals surface area contributed by atoms with Crippen molar-refractivity contribution in [1.29, 1.82) is 0 Å². The van der Waals surface area contributed by atoms with Crippen LogP contribution in [0.15, 0.2) is 95.0 Å². The molecule has 0 N–H and O–H groups in total. The van der Waals surface area contributed by atoms with Gasteiger partial charge in [-0.15, -0.1) is 11.8 Å². The van der Waals surface area contributed by atoms with Crippen molar-refractivity contribution in [2.75, 3.05) is 7.05 Å². The molecule has 0 saturated carbocycles. The van der Waals surface area contributed by atoms with E-state index in [4.69, 9.17) is 9.72 Å². The highest BCUT2D eigenvalue weighted by molar-refractivity contribution is 8.01. The standard InChI is InChI=1S/C29H23FN2O3S2/c1-3-19-7-4-5-8-24(19)37-27-23(33)17-29(32(2)28(27)34,20-15-16-36-18-20)25-9-6-10-26(31-25)35-22-13-11-21(30)12-14-22/h3-16,18,27H,1,17H2,2H3. The number of carbonyl (C=O) groups is 2. The van der Waals surface area contributed by atoms with E-state index in [0.29, 0.717) is 11.4 Å². The van der Waals surface area contributed by atoms with Crippen LogP contribution in [0.2, 0.25) is 0 Å². The lowest BCUT2D eigenvalue weighted by Crippen LogP contribution is -2.58. The highest BCUT2D eigenvalue weighted by Gasteiger charge is 2.52. The number of nitrogens with zero attached hydrogens (tertiary/aromatic N) is 2. The van der Waals surface area contributed by atoms with Gasteiger partial charge in [-0.1, -0.05) is 36.9 Å². The fourth-order valence-corrected chi connectivity index (χ4v) is 6.39. The van der Waals surface area contributed by atoms with Gasteiger partial charge in [-0.2, -0.15) is 11.3 Å². The third-order valence-electron chi connectivity index (χ3n) is 6.42. The molecule has 5 rings (SSSR count). The minimum Gasteiger partial charge on any atom is -0.439 e. The smallest absolute Gasteiger partial charge is 0.244 e. The van der Waals surface area contributed by atoms with Crippen LogP contribution in [0.3, 0.4) is 0 Å². The molecule has 3 heterocycles. The minimum absolute atomic E-state index is 0.0624. The number of thiophene rings is 1. The minimum atomic E-state index is -1.09. The molecule has 0 spiro atoms. The summed E-state index contributed by atoms with van der Waals surface area (Å²) < 4.78 is 19.2. The average molecular weight is 531 g/mol. The molecule has 8 heteroatoms. The Hall–Kier alpha value is -3.75. The van der Waals surface area contributed by atoms with E-state index < -0.39 is 10.8 Å². The van der Waals surface area contributed by atoms with Crippen LogP contribution in [0.1, 0.15) is 23.2 Å². The maximum Gasteiger partial charge on any atom is 0.244 e. The van der Waals surface area contributed by atoms with Crippen LogP contribution in [-0.4, -0.2) is 33.9 Å². The number of hydrogen-bond donors (Lipinski definition) is 0. The van der Waals surface area contributed by atoms with Crippen molar-refractivity contribution in [3.8, 4) is 11.6 Å². The molecule has 2 atom stereocenters. The second kappa shape index (κ2) is 10.3. The van der Waals surface area contributed by atoms with Gasteiger partial charge in [0.05, 0.1) is 5.69 Å². The Balaban J connectivity index is 1.52. The lowest BCUT2D eigenvalue weighted by atomic mass is 9.78. The number of aromatic nitrogens is 1. The Morgan fingerprint density at radius 3 is 2.62 bits per heavy atom. The Bertz CT molecular complexity index is 1460. The van der Waals surface area contributed by atoms with Gasteiger partial charge in [0.15, 0.2) is 5.78 Å². The molecule has 0 bridgehead atoms. The second-order valence-corrected chi connectivity index (χ2v) is 10.5. The second-order valence-electron chi connectivity index (χ2n) is 8.57. The van der Waals surface area contributed by atoms with Crippen molar-refractivity contribution in [3.63, 3.8) is 0 Å². The average Bonchev–Trinajstić information content (AvgIpc) is 3.46. The van der Waals surface area contributed by atoms with Crippen molar-refractivity contribution in [1.82, 2.24) is 9.88 Å². The molecular formula is C29H23FN2O3S2.